The van der Waals surface area contributed by atoms with Crippen LogP contribution in [0.15, 0.2) is 48.5 Å². The first-order chi connectivity index (χ1) is 14.9. The number of nitrogens with zero attached hydrogens (tertiary/aromatic N) is 3. The number of para-hydroxylation sites is 1. The molecule has 1 fully saturated rings. The number of nitro groups is 1. The summed E-state index contributed by atoms with van der Waals surface area (Å²) in [5.41, 5.74) is -0.0260. The van der Waals surface area contributed by atoms with Crippen LogP contribution in [0.5, 0.6) is 11.5 Å². The van der Waals surface area contributed by atoms with Crippen molar-refractivity contribution in [2.45, 2.75) is 26.7 Å². The van der Waals surface area contributed by atoms with Gasteiger partial charge < -0.3 is 14.5 Å². The van der Waals surface area contributed by atoms with Crippen LogP contribution in [-0.4, -0.2) is 52.7 Å². The Morgan fingerprint density at radius 2 is 1.74 bits per heavy atom. The number of rotatable bonds is 7. The number of piperidine rings is 1. The molecule has 31 heavy (non-hydrogen) atoms. The zero-order chi connectivity index (χ0) is 22.4. The van der Waals surface area contributed by atoms with Gasteiger partial charge in [-0.25, -0.2) is 0 Å². The monoisotopic (exact) mass is 425 g/mol. The van der Waals surface area contributed by atoms with Crippen molar-refractivity contribution in [3.05, 3.63) is 64.2 Å². The summed E-state index contributed by atoms with van der Waals surface area (Å²) < 4.78 is 5.85. The van der Waals surface area contributed by atoms with Crippen LogP contribution in [0.25, 0.3) is 0 Å². The van der Waals surface area contributed by atoms with E-state index in [0.717, 1.165) is 0 Å². The highest BCUT2D eigenvalue weighted by Crippen LogP contribution is 2.31. The van der Waals surface area contributed by atoms with Gasteiger partial charge in [0.2, 0.25) is 5.91 Å². The Kier molecular flexibility index (Phi) is 7.23. The molecule has 0 saturated carbocycles. The molecule has 0 spiro atoms. The average molecular weight is 425 g/mol. The lowest BCUT2D eigenvalue weighted by Crippen LogP contribution is -2.44. The van der Waals surface area contributed by atoms with Crippen LogP contribution in [0.4, 0.5) is 5.69 Å². The van der Waals surface area contributed by atoms with Gasteiger partial charge in [0.25, 0.3) is 11.6 Å². The largest absolute Gasteiger partial charge is 0.457 e. The predicted molar refractivity (Wildman–Crippen MR) is 116 cm³/mol. The predicted octanol–water partition coefficient (Wildman–Crippen LogP) is 4.11. The molecule has 0 unspecified atom stereocenters. The van der Waals surface area contributed by atoms with Crippen LogP contribution in [-0.2, 0) is 4.79 Å². The number of benzene rings is 2. The van der Waals surface area contributed by atoms with Crippen LogP contribution >= 0.6 is 0 Å². The molecule has 1 aliphatic rings. The molecule has 0 bridgehead atoms. The van der Waals surface area contributed by atoms with Crippen molar-refractivity contribution < 1.29 is 19.2 Å². The lowest BCUT2D eigenvalue weighted by atomic mass is 9.94. The topological polar surface area (TPSA) is 93.0 Å². The molecule has 1 aliphatic heterocycles. The van der Waals surface area contributed by atoms with E-state index < -0.39 is 4.92 Å². The van der Waals surface area contributed by atoms with Gasteiger partial charge in [-0.1, -0.05) is 18.2 Å². The third kappa shape index (κ3) is 5.20. The standard InChI is InChI=1S/C23H27N3O5/c1-3-24(4-2)22(27)17-12-14-25(15-13-17)23(28)20-16-18(26(29)30)10-11-21(20)31-19-8-6-5-7-9-19/h5-11,16-17H,3-4,12-15H2,1-2H3. The van der Waals surface area contributed by atoms with Gasteiger partial charge in [0.05, 0.1) is 10.5 Å². The van der Waals surface area contributed by atoms with Crippen LogP contribution in [0.2, 0.25) is 0 Å². The van der Waals surface area contributed by atoms with E-state index in [2.05, 4.69) is 0 Å². The molecule has 0 aliphatic carbocycles. The number of likely N-dealkylation sites (tertiary alicyclic amines) is 1. The van der Waals surface area contributed by atoms with Gasteiger partial charge in [-0.2, -0.15) is 0 Å². The maximum Gasteiger partial charge on any atom is 0.270 e. The summed E-state index contributed by atoms with van der Waals surface area (Å²) >= 11 is 0. The Labute approximate surface area is 181 Å². The zero-order valence-corrected chi connectivity index (χ0v) is 17.8. The Morgan fingerprint density at radius 3 is 2.32 bits per heavy atom. The molecule has 1 saturated heterocycles. The first kappa shape index (κ1) is 22.3. The van der Waals surface area contributed by atoms with Gasteiger partial charge in [0.15, 0.2) is 0 Å². The Bertz CT molecular complexity index is 935. The summed E-state index contributed by atoms with van der Waals surface area (Å²) in [7, 11) is 0. The van der Waals surface area contributed by atoms with Crippen molar-refractivity contribution in [2.24, 2.45) is 5.92 Å². The first-order valence-corrected chi connectivity index (χ1v) is 10.5. The fraction of sp³-hybridized carbons (Fsp3) is 0.391. The smallest absolute Gasteiger partial charge is 0.270 e. The Morgan fingerprint density at radius 1 is 1.10 bits per heavy atom. The quantitative estimate of drug-likeness (QED) is 0.492. The number of non-ortho nitro benzene ring substituents is 1. The van der Waals surface area contributed by atoms with Crippen molar-refractivity contribution in [2.75, 3.05) is 26.2 Å². The van der Waals surface area contributed by atoms with E-state index in [0.29, 0.717) is 44.8 Å². The van der Waals surface area contributed by atoms with Crippen LogP contribution in [0, 0.1) is 16.0 Å². The average Bonchev–Trinajstić information content (AvgIpc) is 2.80. The van der Waals surface area contributed by atoms with Crippen LogP contribution < -0.4 is 4.74 Å². The fourth-order valence-electron chi connectivity index (χ4n) is 3.80. The summed E-state index contributed by atoms with van der Waals surface area (Å²) in [5.74, 6) is 0.495. The van der Waals surface area contributed by atoms with Crippen molar-refractivity contribution in [1.29, 1.82) is 0 Å². The Hall–Kier alpha value is -3.42. The molecule has 0 radical (unpaired) electrons. The van der Waals surface area contributed by atoms with Gasteiger partial charge in [-0.15, -0.1) is 0 Å². The Balaban J connectivity index is 1.78. The minimum absolute atomic E-state index is 0.103. The third-order valence-electron chi connectivity index (χ3n) is 5.58. The molecule has 8 nitrogen and oxygen atoms in total. The van der Waals surface area contributed by atoms with Gasteiger partial charge >= 0.3 is 0 Å². The normalized spacial score (nSPS) is 14.2. The molecule has 3 rings (SSSR count). The van der Waals surface area contributed by atoms with Crippen molar-refractivity contribution in [3.8, 4) is 11.5 Å². The van der Waals surface area contributed by atoms with Crippen molar-refractivity contribution in [3.63, 3.8) is 0 Å². The SMILES string of the molecule is CCN(CC)C(=O)C1CCN(C(=O)c2cc([N+](=O)[O-])ccc2Oc2ccccc2)CC1. The number of carbonyl (C=O) groups is 2. The van der Waals surface area contributed by atoms with Crippen LogP contribution in [0.1, 0.15) is 37.0 Å². The zero-order valence-electron chi connectivity index (χ0n) is 17.8. The number of amides is 2. The summed E-state index contributed by atoms with van der Waals surface area (Å²) in [6.45, 7) is 6.09. The second-order valence-corrected chi connectivity index (χ2v) is 7.43. The number of nitro benzene ring substituents is 1. The minimum Gasteiger partial charge on any atom is -0.457 e. The van der Waals surface area contributed by atoms with E-state index in [-0.39, 0.29) is 34.7 Å². The van der Waals surface area contributed by atoms with E-state index >= 15 is 0 Å². The summed E-state index contributed by atoms with van der Waals surface area (Å²) in [4.78, 5) is 40.0. The lowest BCUT2D eigenvalue weighted by Gasteiger charge is -2.34. The summed E-state index contributed by atoms with van der Waals surface area (Å²) in [5, 5.41) is 11.3. The number of hydrogen-bond acceptors (Lipinski definition) is 5. The third-order valence-corrected chi connectivity index (χ3v) is 5.58. The molecule has 2 aromatic rings. The molecular weight excluding hydrogens is 398 g/mol. The molecule has 1 heterocycles. The molecular formula is C23H27N3O5. The summed E-state index contributed by atoms with van der Waals surface area (Å²) in [6.07, 6.45) is 1.15. The summed E-state index contributed by atoms with van der Waals surface area (Å²) in [6, 6.07) is 13.0. The number of carbonyl (C=O) groups excluding carboxylic acids is 2. The fourth-order valence-corrected chi connectivity index (χ4v) is 3.80. The van der Waals surface area contributed by atoms with E-state index in [1.807, 2.05) is 24.8 Å². The van der Waals surface area contributed by atoms with E-state index in [9.17, 15) is 19.7 Å². The maximum absolute atomic E-state index is 13.2. The molecule has 2 amide bonds. The van der Waals surface area contributed by atoms with Gasteiger partial charge in [-0.3, -0.25) is 19.7 Å². The highest BCUT2D eigenvalue weighted by atomic mass is 16.6. The second kappa shape index (κ2) is 10.1. The van der Waals surface area contributed by atoms with E-state index in [4.69, 9.17) is 4.74 Å². The van der Waals surface area contributed by atoms with Crippen molar-refractivity contribution >= 4 is 17.5 Å². The van der Waals surface area contributed by atoms with Gasteiger partial charge in [-0.05, 0) is 44.9 Å². The molecule has 0 N–H and O–H groups in total. The first-order valence-electron chi connectivity index (χ1n) is 10.5. The molecule has 0 aromatic heterocycles. The molecule has 164 valence electrons. The van der Waals surface area contributed by atoms with E-state index in [1.165, 1.54) is 18.2 Å². The van der Waals surface area contributed by atoms with Crippen molar-refractivity contribution in [1.82, 2.24) is 9.80 Å². The molecule has 0 atom stereocenters. The number of hydrogen-bond donors (Lipinski definition) is 0. The molecule has 2 aromatic carbocycles. The highest BCUT2D eigenvalue weighted by Gasteiger charge is 2.31. The molecule has 8 heteroatoms. The van der Waals surface area contributed by atoms with Crippen LogP contribution in [0.3, 0.4) is 0 Å². The maximum atomic E-state index is 13.2. The van der Waals surface area contributed by atoms with E-state index in [1.54, 1.807) is 29.2 Å². The second-order valence-electron chi connectivity index (χ2n) is 7.43. The van der Waals surface area contributed by atoms with Gasteiger partial charge in [0.1, 0.15) is 11.5 Å². The minimum atomic E-state index is -0.530. The highest BCUT2D eigenvalue weighted by molar-refractivity contribution is 5.98. The number of ether oxygens (including phenoxy) is 1. The lowest BCUT2D eigenvalue weighted by molar-refractivity contribution is -0.384. The van der Waals surface area contributed by atoms with Gasteiger partial charge in [0, 0.05) is 44.2 Å².